The Morgan fingerprint density at radius 2 is 2.36 bits per heavy atom. The molecule has 1 N–H and O–H groups in total. The van der Waals surface area contributed by atoms with Gasteiger partial charge in [-0.3, -0.25) is 0 Å². The highest BCUT2D eigenvalue weighted by molar-refractivity contribution is 9.10. The molecule has 0 fully saturated rings. The minimum absolute atomic E-state index is 0.0116. The van der Waals surface area contributed by atoms with E-state index in [1.165, 1.54) is 18.9 Å². The molecule has 0 radical (unpaired) electrons. The Bertz CT molecular complexity index is 370. The van der Waals surface area contributed by atoms with Crippen molar-refractivity contribution in [2.75, 3.05) is 13.4 Å². The molecule has 0 saturated carbocycles. The maximum atomic E-state index is 10.8. The number of thioether (sulfide) groups is 1. The third kappa shape index (κ3) is 2.19. The number of pyridine rings is 1. The molecule has 1 aromatic heterocycles. The smallest absolute Gasteiger partial charge is 0.355 e. The fourth-order valence-electron chi connectivity index (χ4n) is 0.907. The predicted molar refractivity (Wildman–Crippen MR) is 57.2 cm³/mol. The van der Waals surface area contributed by atoms with E-state index in [9.17, 15) is 4.79 Å². The maximum absolute atomic E-state index is 10.8. The minimum Gasteiger partial charge on any atom is -0.480 e. The largest absolute Gasteiger partial charge is 0.480 e. The number of carbonyl (C=O) groups is 1. The lowest BCUT2D eigenvalue weighted by atomic mass is 10.3. The zero-order chi connectivity index (χ0) is 10.7. The first-order valence-electron chi connectivity index (χ1n) is 3.62. The van der Waals surface area contributed by atoms with Crippen LogP contribution in [0.5, 0.6) is 5.88 Å². The highest BCUT2D eigenvalue weighted by Crippen LogP contribution is 2.29. The Kier molecular flexibility index (Phi) is 3.77. The zero-order valence-electron chi connectivity index (χ0n) is 7.57. The molecule has 0 aromatic carbocycles. The van der Waals surface area contributed by atoms with Gasteiger partial charge in [0.2, 0.25) is 5.88 Å². The lowest BCUT2D eigenvalue weighted by molar-refractivity contribution is 0.0685. The fraction of sp³-hybridized carbons (Fsp3) is 0.250. The Balaban J connectivity index is 3.32. The molecule has 4 nitrogen and oxygen atoms in total. The first kappa shape index (κ1) is 11.3. The van der Waals surface area contributed by atoms with Gasteiger partial charge in [0.05, 0.1) is 11.6 Å². The molecule has 0 aliphatic heterocycles. The molecule has 0 aliphatic carbocycles. The van der Waals surface area contributed by atoms with Crippen LogP contribution in [0.2, 0.25) is 0 Å². The molecule has 0 aliphatic rings. The molecule has 0 atom stereocenters. The summed E-state index contributed by atoms with van der Waals surface area (Å²) in [5, 5.41) is 8.86. The van der Waals surface area contributed by atoms with E-state index in [0.717, 1.165) is 0 Å². The third-order valence-corrected chi connectivity index (χ3v) is 2.84. The molecule has 0 spiro atoms. The quantitative estimate of drug-likeness (QED) is 0.859. The van der Waals surface area contributed by atoms with Gasteiger partial charge in [0, 0.05) is 4.90 Å². The number of rotatable bonds is 3. The summed E-state index contributed by atoms with van der Waals surface area (Å²) in [7, 11) is 1.44. The first-order valence-corrected chi connectivity index (χ1v) is 5.63. The van der Waals surface area contributed by atoms with Crippen molar-refractivity contribution >= 4 is 33.7 Å². The van der Waals surface area contributed by atoms with E-state index in [1.54, 1.807) is 12.3 Å². The van der Waals surface area contributed by atoms with Gasteiger partial charge in [-0.2, -0.15) is 0 Å². The van der Waals surface area contributed by atoms with Crippen LogP contribution in [0.1, 0.15) is 10.5 Å². The number of carboxylic acid groups (broad SMARTS) is 1. The molecule has 1 heterocycles. The van der Waals surface area contributed by atoms with Crippen LogP contribution < -0.4 is 4.74 Å². The monoisotopic (exact) mass is 277 g/mol. The second-order valence-corrected chi connectivity index (χ2v) is 4.04. The van der Waals surface area contributed by atoms with Gasteiger partial charge in [-0.15, -0.1) is 11.8 Å². The summed E-state index contributed by atoms with van der Waals surface area (Å²) in [5.41, 5.74) is 0.0116. The minimum atomic E-state index is -1.06. The van der Waals surface area contributed by atoms with Crippen LogP contribution in [-0.2, 0) is 0 Å². The predicted octanol–water partition coefficient (Wildman–Crippen LogP) is 2.27. The van der Waals surface area contributed by atoms with Gasteiger partial charge >= 0.3 is 5.97 Å². The lowest BCUT2D eigenvalue weighted by Crippen LogP contribution is -2.04. The molecule has 0 unspecified atom stereocenters. The summed E-state index contributed by atoms with van der Waals surface area (Å²) in [6, 6.07) is 1.68. The van der Waals surface area contributed by atoms with Crippen molar-refractivity contribution in [1.82, 2.24) is 4.98 Å². The average Bonchev–Trinajstić information content (AvgIpc) is 2.16. The summed E-state index contributed by atoms with van der Waals surface area (Å²) in [5.74, 6) is -0.777. The topological polar surface area (TPSA) is 59.4 Å². The van der Waals surface area contributed by atoms with Crippen LogP contribution in [0, 0.1) is 0 Å². The lowest BCUT2D eigenvalue weighted by Gasteiger charge is -2.06. The summed E-state index contributed by atoms with van der Waals surface area (Å²) in [6.07, 6.45) is 1.79. The van der Waals surface area contributed by atoms with Gasteiger partial charge in [-0.05, 0) is 28.3 Å². The van der Waals surface area contributed by atoms with Crippen molar-refractivity contribution in [3.8, 4) is 5.88 Å². The van der Waals surface area contributed by atoms with Crippen LogP contribution in [0.4, 0.5) is 0 Å². The van der Waals surface area contributed by atoms with Crippen LogP contribution >= 0.6 is 27.7 Å². The second-order valence-electron chi connectivity index (χ2n) is 2.34. The number of carboxylic acids is 1. The molecular formula is C8H8BrNO3S. The van der Waals surface area contributed by atoms with E-state index in [2.05, 4.69) is 20.9 Å². The van der Waals surface area contributed by atoms with Crippen molar-refractivity contribution in [3.63, 3.8) is 0 Å². The van der Waals surface area contributed by atoms with Gasteiger partial charge < -0.3 is 9.84 Å². The normalized spacial score (nSPS) is 9.93. The van der Waals surface area contributed by atoms with Crippen molar-refractivity contribution < 1.29 is 14.6 Å². The molecular weight excluding hydrogens is 270 g/mol. The van der Waals surface area contributed by atoms with Gasteiger partial charge in [-0.1, -0.05) is 0 Å². The highest BCUT2D eigenvalue weighted by atomic mass is 79.9. The highest BCUT2D eigenvalue weighted by Gasteiger charge is 2.15. The van der Waals surface area contributed by atoms with Crippen LogP contribution in [-0.4, -0.2) is 29.4 Å². The standard InChI is InChI=1S/C8H8BrNO3S/c1-13-7-4(9)3-5(14-2)6(10-7)8(11)12/h3H,1-2H3,(H,11,12). The Hall–Kier alpha value is -0.750. The Labute approximate surface area is 93.8 Å². The van der Waals surface area contributed by atoms with Crippen molar-refractivity contribution in [3.05, 3.63) is 16.2 Å². The number of nitrogens with zero attached hydrogens (tertiary/aromatic N) is 1. The van der Waals surface area contributed by atoms with Crippen molar-refractivity contribution in [2.45, 2.75) is 4.90 Å². The number of halogens is 1. The molecule has 1 aromatic rings. The summed E-state index contributed by atoms with van der Waals surface area (Å²) >= 11 is 4.57. The first-order chi connectivity index (χ1) is 6.60. The second kappa shape index (κ2) is 4.65. The van der Waals surface area contributed by atoms with Gasteiger partial charge in [0.1, 0.15) is 0 Å². The molecule has 0 bridgehead atoms. The molecule has 14 heavy (non-hydrogen) atoms. The van der Waals surface area contributed by atoms with Crippen LogP contribution in [0.25, 0.3) is 0 Å². The SMILES string of the molecule is COc1nc(C(=O)O)c(SC)cc1Br. The molecule has 6 heteroatoms. The molecule has 0 amide bonds. The van der Waals surface area contributed by atoms with Gasteiger partial charge in [-0.25, -0.2) is 9.78 Å². The number of hydrogen-bond donors (Lipinski definition) is 1. The third-order valence-electron chi connectivity index (χ3n) is 1.52. The van der Waals surface area contributed by atoms with Crippen LogP contribution in [0.15, 0.2) is 15.4 Å². The van der Waals surface area contributed by atoms with Gasteiger partial charge in [0.15, 0.2) is 5.69 Å². The number of methoxy groups -OCH3 is 1. The number of aromatic carboxylic acids is 1. The van der Waals surface area contributed by atoms with E-state index in [0.29, 0.717) is 9.37 Å². The van der Waals surface area contributed by atoms with Crippen molar-refractivity contribution in [2.24, 2.45) is 0 Å². The van der Waals surface area contributed by atoms with Gasteiger partial charge in [0.25, 0.3) is 0 Å². The molecule has 76 valence electrons. The zero-order valence-corrected chi connectivity index (χ0v) is 9.98. The van der Waals surface area contributed by atoms with E-state index in [1.807, 2.05) is 0 Å². The Morgan fingerprint density at radius 1 is 1.71 bits per heavy atom. The van der Waals surface area contributed by atoms with E-state index >= 15 is 0 Å². The average molecular weight is 278 g/mol. The number of aromatic nitrogens is 1. The maximum Gasteiger partial charge on any atom is 0.355 e. The van der Waals surface area contributed by atoms with E-state index in [-0.39, 0.29) is 11.6 Å². The number of ether oxygens (including phenoxy) is 1. The summed E-state index contributed by atoms with van der Waals surface area (Å²) in [6.45, 7) is 0. The van der Waals surface area contributed by atoms with Crippen molar-refractivity contribution in [1.29, 1.82) is 0 Å². The molecule has 1 rings (SSSR count). The van der Waals surface area contributed by atoms with E-state index in [4.69, 9.17) is 9.84 Å². The van der Waals surface area contributed by atoms with E-state index < -0.39 is 5.97 Å². The number of hydrogen-bond acceptors (Lipinski definition) is 4. The summed E-state index contributed by atoms with van der Waals surface area (Å²) in [4.78, 5) is 15.3. The fourth-order valence-corrected chi connectivity index (χ4v) is 2.10. The summed E-state index contributed by atoms with van der Waals surface area (Å²) < 4.78 is 5.55. The molecule has 0 saturated heterocycles. The Morgan fingerprint density at radius 3 is 2.79 bits per heavy atom. The van der Waals surface area contributed by atoms with Crippen LogP contribution in [0.3, 0.4) is 0 Å².